The minimum Gasteiger partial charge on any atom is -0.495 e. The van der Waals surface area contributed by atoms with E-state index in [2.05, 4.69) is 5.32 Å². The Kier molecular flexibility index (Phi) is 5.89. The number of amides is 1. The number of nitrogens with zero attached hydrogens (tertiary/aromatic N) is 1. The molecule has 0 bridgehead atoms. The average molecular weight is 334 g/mol. The number of ether oxygens (including phenoxy) is 2. The van der Waals surface area contributed by atoms with Crippen molar-refractivity contribution in [2.75, 3.05) is 19.0 Å². The first-order valence-corrected chi connectivity index (χ1v) is 7.44. The molecule has 0 saturated carbocycles. The molecule has 1 aliphatic rings. The van der Waals surface area contributed by atoms with Crippen molar-refractivity contribution in [1.29, 1.82) is 0 Å². The third-order valence-electron chi connectivity index (χ3n) is 3.57. The molecule has 0 aliphatic heterocycles. The second-order valence-corrected chi connectivity index (χ2v) is 5.32. The number of allylic oxidation sites excluding steroid dienone is 2. The third kappa shape index (κ3) is 4.80. The lowest BCUT2D eigenvalue weighted by molar-refractivity contribution is -0.384. The number of esters is 1. The molecule has 24 heavy (non-hydrogen) atoms. The molecular formula is C16H18N2O6. The quantitative estimate of drug-likeness (QED) is 0.355. The Hall–Kier alpha value is -2.90. The standard InChI is InChI=1S/C16H18N2O6/c1-23-14-7-6-12(18(21)22)9-13(14)17-15(19)10-24-16(20)8-11-4-2-3-5-11/h2,4,6-7,9,11H,3,5,8,10H2,1H3,(H,17,19)/t11-/m0/s1. The summed E-state index contributed by atoms with van der Waals surface area (Å²) in [5.41, 5.74) is -0.0393. The van der Waals surface area contributed by atoms with Gasteiger partial charge in [-0.2, -0.15) is 0 Å². The van der Waals surface area contributed by atoms with Crippen molar-refractivity contribution in [2.45, 2.75) is 19.3 Å². The van der Waals surface area contributed by atoms with Crippen molar-refractivity contribution in [3.05, 3.63) is 40.5 Å². The van der Waals surface area contributed by atoms with Crippen molar-refractivity contribution in [1.82, 2.24) is 0 Å². The van der Waals surface area contributed by atoms with E-state index in [0.29, 0.717) is 0 Å². The molecule has 1 atom stereocenters. The molecule has 0 radical (unpaired) electrons. The zero-order valence-corrected chi connectivity index (χ0v) is 13.2. The number of non-ortho nitro benzene ring substituents is 1. The van der Waals surface area contributed by atoms with Crippen molar-refractivity contribution in [3.8, 4) is 5.75 Å². The first-order valence-electron chi connectivity index (χ1n) is 7.44. The lowest BCUT2D eigenvalue weighted by Crippen LogP contribution is -2.22. The Balaban J connectivity index is 1.89. The van der Waals surface area contributed by atoms with Gasteiger partial charge >= 0.3 is 5.97 Å². The first kappa shape index (κ1) is 17.5. The van der Waals surface area contributed by atoms with Gasteiger partial charge in [-0.05, 0) is 24.8 Å². The van der Waals surface area contributed by atoms with Gasteiger partial charge in [-0.1, -0.05) is 12.2 Å². The fraction of sp³-hybridized carbons (Fsp3) is 0.375. The van der Waals surface area contributed by atoms with Crippen LogP contribution in [-0.2, 0) is 14.3 Å². The van der Waals surface area contributed by atoms with Gasteiger partial charge in [0, 0.05) is 12.1 Å². The Morgan fingerprint density at radius 3 is 2.83 bits per heavy atom. The van der Waals surface area contributed by atoms with Gasteiger partial charge in [-0.15, -0.1) is 0 Å². The minimum atomic E-state index is -0.593. The highest BCUT2D eigenvalue weighted by Crippen LogP contribution is 2.28. The Bertz CT molecular complexity index is 671. The maximum absolute atomic E-state index is 11.9. The monoisotopic (exact) mass is 334 g/mol. The topological polar surface area (TPSA) is 108 Å². The van der Waals surface area contributed by atoms with Crippen LogP contribution in [-0.4, -0.2) is 30.5 Å². The third-order valence-corrected chi connectivity index (χ3v) is 3.57. The zero-order valence-electron chi connectivity index (χ0n) is 13.2. The van der Waals surface area contributed by atoms with Crippen LogP contribution in [0.15, 0.2) is 30.4 Å². The van der Waals surface area contributed by atoms with Gasteiger partial charge in [0.05, 0.1) is 24.1 Å². The fourth-order valence-corrected chi connectivity index (χ4v) is 2.38. The van der Waals surface area contributed by atoms with Crippen LogP contribution in [0.5, 0.6) is 5.75 Å². The molecule has 1 aromatic carbocycles. The second-order valence-electron chi connectivity index (χ2n) is 5.32. The van der Waals surface area contributed by atoms with E-state index in [9.17, 15) is 19.7 Å². The summed E-state index contributed by atoms with van der Waals surface area (Å²) in [6.07, 6.45) is 6.08. The predicted octanol–water partition coefficient (Wildman–Crippen LogP) is 2.44. The molecule has 1 amide bonds. The summed E-state index contributed by atoms with van der Waals surface area (Å²) in [7, 11) is 1.38. The number of methoxy groups -OCH3 is 1. The van der Waals surface area contributed by atoms with E-state index in [1.54, 1.807) is 0 Å². The highest BCUT2D eigenvalue weighted by atomic mass is 16.6. The molecule has 128 valence electrons. The van der Waals surface area contributed by atoms with Gasteiger partial charge < -0.3 is 14.8 Å². The van der Waals surface area contributed by atoms with Crippen LogP contribution < -0.4 is 10.1 Å². The number of hydrogen-bond donors (Lipinski definition) is 1. The van der Waals surface area contributed by atoms with Crippen LogP contribution >= 0.6 is 0 Å². The highest BCUT2D eigenvalue weighted by molar-refractivity contribution is 5.94. The molecule has 2 rings (SSSR count). The lowest BCUT2D eigenvalue weighted by Gasteiger charge is -2.11. The summed E-state index contributed by atoms with van der Waals surface area (Å²) in [6, 6.07) is 3.83. The van der Waals surface area contributed by atoms with E-state index >= 15 is 0 Å². The molecule has 1 N–H and O–H groups in total. The van der Waals surface area contributed by atoms with Crippen LogP contribution in [0.25, 0.3) is 0 Å². The molecule has 1 aromatic rings. The number of nitro benzene ring substituents is 1. The van der Waals surface area contributed by atoms with E-state index < -0.39 is 23.4 Å². The summed E-state index contributed by atoms with van der Waals surface area (Å²) in [4.78, 5) is 33.8. The first-order chi connectivity index (χ1) is 11.5. The molecular weight excluding hydrogens is 316 g/mol. The van der Waals surface area contributed by atoms with Crippen molar-refractivity contribution in [2.24, 2.45) is 5.92 Å². The van der Waals surface area contributed by atoms with E-state index in [1.165, 1.54) is 25.3 Å². The molecule has 0 spiro atoms. The Morgan fingerprint density at radius 2 is 2.21 bits per heavy atom. The van der Waals surface area contributed by atoms with Gasteiger partial charge in [-0.3, -0.25) is 19.7 Å². The fourth-order valence-electron chi connectivity index (χ4n) is 2.38. The van der Waals surface area contributed by atoms with Gasteiger partial charge in [0.2, 0.25) is 0 Å². The number of nitro groups is 1. The van der Waals surface area contributed by atoms with Crippen LogP contribution in [0.2, 0.25) is 0 Å². The molecule has 8 nitrogen and oxygen atoms in total. The van der Waals surface area contributed by atoms with Gasteiger partial charge in [0.1, 0.15) is 5.75 Å². The number of hydrogen-bond acceptors (Lipinski definition) is 6. The maximum atomic E-state index is 11.9. The Morgan fingerprint density at radius 1 is 1.42 bits per heavy atom. The lowest BCUT2D eigenvalue weighted by atomic mass is 10.1. The normalized spacial score (nSPS) is 15.8. The van der Waals surface area contributed by atoms with Crippen LogP contribution in [0, 0.1) is 16.0 Å². The maximum Gasteiger partial charge on any atom is 0.306 e. The summed E-state index contributed by atoms with van der Waals surface area (Å²) in [5.74, 6) is -0.606. The molecule has 8 heteroatoms. The van der Waals surface area contributed by atoms with E-state index in [4.69, 9.17) is 9.47 Å². The predicted molar refractivity (Wildman–Crippen MR) is 85.7 cm³/mol. The zero-order chi connectivity index (χ0) is 17.5. The van der Waals surface area contributed by atoms with Crippen LogP contribution in [0.3, 0.4) is 0 Å². The molecule has 0 saturated heterocycles. The molecule has 0 aromatic heterocycles. The summed E-state index contributed by atoms with van der Waals surface area (Å²) >= 11 is 0. The van der Waals surface area contributed by atoms with Crippen molar-refractivity contribution in [3.63, 3.8) is 0 Å². The van der Waals surface area contributed by atoms with E-state index in [1.807, 2.05) is 12.2 Å². The number of rotatable bonds is 7. The largest absolute Gasteiger partial charge is 0.495 e. The SMILES string of the molecule is COc1ccc([N+](=O)[O-])cc1NC(=O)COC(=O)C[C@H]1C=CCC1. The number of anilines is 1. The summed E-state index contributed by atoms with van der Waals surface area (Å²) < 4.78 is 9.97. The molecule has 0 fully saturated rings. The highest BCUT2D eigenvalue weighted by Gasteiger charge is 2.17. The minimum absolute atomic E-state index is 0.145. The smallest absolute Gasteiger partial charge is 0.306 e. The van der Waals surface area contributed by atoms with Crippen molar-refractivity contribution < 1.29 is 24.0 Å². The second kappa shape index (κ2) is 8.09. The average Bonchev–Trinajstić information content (AvgIpc) is 3.05. The van der Waals surface area contributed by atoms with E-state index in [-0.39, 0.29) is 29.5 Å². The van der Waals surface area contributed by atoms with Crippen molar-refractivity contribution >= 4 is 23.3 Å². The van der Waals surface area contributed by atoms with Gasteiger partial charge in [0.25, 0.3) is 11.6 Å². The van der Waals surface area contributed by atoms with Gasteiger partial charge in [0.15, 0.2) is 6.61 Å². The number of nitrogens with one attached hydrogen (secondary N) is 1. The number of carbonyl (C=O) groups excluding carboxylic acids is 2. The Labute approximate surface area is 138 Å². The van der Waals surface area contributed by atoms with Crippen LogP contribution in [0.4, 0.5) is 11.4 Å². The summed E-state index contributed by atoms with van der Waals surface area (Å²) in [5, 5.41) is 13.2. The van der Waals surface area contributed by atoms with Gasteiger partial charge in [-0.25, -0.2) is 0 Å². The number of carbonyl (C=O) groups is 2. The molecule has 1 aliphatic carbocycles. The summed E-state index contributed by atoms with van der Waals surface area (Å²) in [6.45, 7) is -0.457. The van der Waals surface area contributed by atoms with Crippen LogP contribution in [0.1, 0.15) is 19.3 Å². The number of benzene rings is 1. The molecule has 0 heterocycles. The van der Waals surface area contributed by atoms with E-state index in [0.717, 1.165) is 12.8 Å². The molecule has 0 unspecified atom stereocenters.